The third-order valence-electron chi connectivity index (χ3n) is 6.03. The van der Waals surface area contributed by atoms with Crippen molar-refractivity contribution in [2.24, 2.45) is 7.05 Å². The number of alkyl halides is 3. The normalized spacial score (nSPS) is 15.2. The maximum atomic E-state index is 12.8. The number of aromatic nitrogens is 2. The Morgan fingerprint density at radius 2 is 1.86 bits per heavy atom. The zero-order valence-electron chi connectivity index (χ0n) is 19.3. The highest BCUT2D eigenvalue weighted by Gasteiger charge is 2.30. The lowest BCUT2D eigenvalue weighted by Gasteiger charge is -2.29. The molecule has 7 nitrogen and oxygen atoms in total. The molecule has 1 aliphatic rings. The molecule has 0 atom stereocenters. The van der Waals surface area contributed by atoms with Crippen molar-refractivity contribution < 1.29 is 27.8 Å². The number of piperidine rings is 1. The largest absolute Gasteiger partial charge is 0.492 e. The Morgan fingerprint density at radius 3 is 2.49 bits per heavy atom. The number of carbonyl (C=O) groups excluding carboxylic acids is 1. The van der Waals surface area contributed by atoms with Gasteiger partial charge in [0.1, 0.15) is 12.4 Å². The molecule has 1 fully saturated rings. The fraction of sp³-hybridized carbons (Fsp3) is 0.360. The summed E-state index contributed by atoms with van der Waals surface area (Å²) in [5.74, 6) is 0.105. The number of aliphatic hydroxyl groups excluding tert-OH is 1. The van der Waals surface area contributed by atoms with E-state index in [-0.39, 0.29) is 11.7 Å². The number of nitrogens with one attached hydrogen (secondary N) is 1. The summed E-state index contributed by atoms with van der Waals surface area (Å²) in [6, 6.07) is 11.1. The van der Waals surface area contributed by atoms with Gasteiger partial charge in [-0.2, -0.15) is 18.3 Å². The quantitative estimate of drug-likeness (QED) is 0.521. The van der Waals surface area contributed by atoms with E-state index >= 15 is 0 Å². The molecule has 10 heteroatoms. The van der Waals surface area contributed by atoms with Gasteiger partial charge in [-0.1, -0.05) is 0 Å². The molecule has 4 rings (SSSR count). The first-order chi connectivity index (χ1) is 16.7. The van der Waals surface area contributed by atoms with Gasteiger partial charge < -0.3 is 15.2 Å². The van der Waals surface area contributed by atoms with Crippen LogP contribution < -0.4 is 10.1 Å². The van der Waals surface area contributed by atoms with Gasteiger partial charge in [0.15, 0.2) is 0 Å². The first-order valence-electron chi connectivity index (χ1n) is 11.3. The van der Waals surface area contributed by atoms with Crippen molar-refractivity contribution in [3.8, 4) is 17.0 Å². The van der Waals surface area contributed by atoms with Gasteiger partial charge in [0.05, 0.1) is 17.4 Å². The molecule has 2 aromatic carbocycles. The number of hydrogen-bond acceptors (Lipinski definition) is 5. The van der Waals surface area contributed by atoms with Crippen molar-refractivity contribution in [2.75, 3.05) is 31.6 Å². The topological polar surface area (TPSA) is 79.6 Å². The van der Waals surface area contributed by atoms with E-state index in [1.54, 1.807) is 36.1 Å². The van der Waals surface area contributed by atoms with Gasteiger partial charge >= 0.3 is 6.18 Å². The number of halogens is 3. The molecule has 1 amide bonds. The van der Waals surface area contributed by atoms with Crippen LogP contribution in [0.15, 0.2) is 54.7 Å². The summed E-state index contributed by atoms with van der Waals surface area (Å²) in [6.45, 7) is 2.84. The average Bonchev–Trinajstić information content (AvgIpc) is 3.26. The number of rotatable bonds is 7. The van der Waals surface area contributed by atoms with Crippen LogP contribution in [0.5, 0.6) is 5.75 Å². The smallest absolute Gasteiger partial charge is 0.416 e. The second-order valence-corrected chi connectivity index (χ2v) is 8.50. The number of nitrogens with zero attached hydrogens (tertiary/aromatic N) is 3. The highest BCUT2D eigenvalue weighted by atomic mass is 19.4. The maximum Gasteiger partial charge on any atom is 0.416 e. The highest BCUT2D eigenvalue weighted by molar-refractivity contribution is 6.04. The number of hydrogen-bond donors (Lipinski definition) is 2. The maximum absolute atomic E-state index is 12.8. The fourth-order valence-electron chi connectivity index (χ4n) is 4.01. The van der Waals surface area contributed by atoms with Gasteiger partial charge in [-0.25, -0.2) is 0 Å². The number of amides is 1. The van der Waals surface area contributed by atoms with Crippen LogP contribution in [0.2, 0.25) is 0 Å². The van der Waals surface area contributed by atoms with Gasteiger partial charge in [0.2, 0.25) is 0 Å². The number of aliphatic hydroxyl groups is 1. The van der Waals surface area contributed by atoms with Gasteiger partial charge in [-0.15, -0.1) is 0 Å². The number of ether oxygens (including phenoxy) is 1. The molecular weight excluding hydrogens is 461 g/mol. The van der Waals surface area contributed by atoms with E-state index in [9.17, 15) is 23.1 Å². The first kappa shape index (κ1) is 24.7. The minimum Gasteiger partial charge on any atom is -0.492 e. The van der Waals surface area contributed by atoms with E-state index in [0.717, 1.165) is 68.0 Å². The molecule has 0 unspecified atom stereocenters. The van der Waals surface area contributed by atoms with Crippen LogP contribution in [0, 0.1) is 0 Å². The number of likely N-dealkylation sites (tertiary alicyclic amines) is 1. The molecule has 2 heterocycles. The van der Waals surface area contributed by atoms with Crippen molar-refractivity contribution in [1.29, 1.82) is 0 Å². The van der Waals surface area contributed by atoms with E-state index in [4.69, 9.17) is 4.74 Å². The molecule has 1 aliphatic heterocycles. The van der Waals surface area contributed by atoms with E-state index in [2.05, 4.69) is 15.3 Å². The summed E-state index contributed by atoms with van der Waals surface area (Å²) in [4.78, 5) is 14.9. The van der Waals surface area contributed by atoms with Crippen LogP contribution in [0.1, 0.15) is 28.8 Å². The van der Waals surface area contributed by atoms with Gasteiger partial charge in [0, 0.05) is 49.7 Å². The first-order valence-corrected chi connectivity index (χ1v) is 11.3. The summed E-state index contributed by atoms with van der Waals surface area (Å²) < 4.78 is 46.1. The minimum atomic E-state index is -4.46. The van der Waals surface area contributed by atoms with Gasteiger partial charge in [-0.05, 0) is 61.4 Å². The monoisotopic (exact) mass is 488 g/mol. The molecule has 0 bridgehead atoms. The number of anilines is 1. The molecule has 0 radical (unpaired) electrons. The molecule has 2 N–H and O–H groups in total. The van der Waals surface area contributed by atoms with E-state index in [1.165, 1.54) is 0 Å². The van der Waals surface area contributed by atoms with Crippen LogP contribution in [0.25, 0.3) is 11.3 Å². The Hall–Kier alpha value is -3.37. The minimum absolute atomic E-state index is 0.118. The predicted octanol–water partition coefficient (Wildman–Crippen LogP) is 4.19. The van der Waals surface area contributed by atoms with Crippen molar-refractivity contribution in [2.45, 2.75) is 25.1 Å². The van der Waals surface area contributed by atoms with Crippen LogP contribution in [0.3, 0.4) is 0 Å². The van der Waals surface area contributed by atoms with Crippen molar-refractivity contribution in [3.05, 3.63) is 65.9 Å². The van der Waals surface area contributed by atoms with Crippen LogP contribution >= 0.6 is 0 Å². The number of carbonyl (C=O) groups is 1. The average molecular weight is 489 g/mol. The molecule has 0 saturated carbocycles. The Morgan fingerprint density at radius 1 is 1.14 bits per heavy atom. The van der Waals surface area contributed by atoms with Gasteiger partial charge in [-0.3, -0.25) is 14.4 Å². The number of aryl methyl sites for hydroxylation is 1. The van der Waals surface area contributed by atoms with Crippen LogP contribution in [-0.2, 0) is 13.2 Å². The molecule has 0 spiro atoms. The molecule has 3 aromatic rings. The van der Waals surface area contributed by atoms with Crippen molar-refractivity contribution >= 4 is 11.6 Å². The van der Waals surface area contributed by atoms with Gasteiger partial charge in [0.25, 0.3) is 5.91 Å². The van der Waals surface area contributed by atoms with Crippen molar-refractivity contribution in [3.63, 3.8) is 0 Å². The lowest BCUT2D eigenvalue weighted by Crippen LogP contribution is -2.38. The summed E-state index contributed by atoms with van der Waals surface area (Å²) in [5.41, 5.74) is 1.29. The van der Waals surface area contributed by atoms with Crippen LogP contribution in [0.4, 0.5) is 18.9 Å². The third kappa shape index (κ3) is 6.20. The van der Waals surface area contributed by atoms with E-state index < -0.39 is 17.6 Å². The number of benzene rings is 2. The Labute approximate surface area is 201 Å². The highest BCUT2D eigenvalue weighted by Crippen LogP contribution is 2.33. The lowest BCUT2D eigenvalue weighted by atomic mass is 10.1. The zero-order valence-corrected chi connectivity index (χ0v) is 19.3. The second kappa shape index (κ2) is 10.5. The Balaban J connectivity index is 1.48. The predicted molar refractivity (Wildman–Crippen MR) is 125 cm³/mol. The zero-order chi connectivity index (χ0) is 25.0. The summed E-state index contributed by atoms with van der Waals surface area (Å²) in [7, 11) is 1.80. The van der Waals surface area contributed by atoms with E-state index in [1.807, 2.05) is 6.07 Å². The summed E-state index contributed by atoms with van der Waals surface area (Å²) >= 11 is 0. The SMILES string of the molecule is Cn1nccc1-c1cc(NC(=O)c2ccc(C(F)(F)F)cc2)ccc1OCCN1CCC(O)CC1. The molecule has 1 saturated heterocycles. The van der Waals surface area contributed by atoms with Crippen LogP contribution in [-0.4, -0.2) is 58.0 Å². The third-order valence-corrected chi connectivity index (χ3v) is 6.03. The molecule has 1 aromatic heterocycles. The molecule has 35 heavy (non-hydrogen) atoms. The van der Waals surface area contributed by atoms with E-state index in [0.29, 0.717) is 18.0 Å². The standard InChI is InChI=1S/C25H27F3N4O3/c1-31-22(8-11-29-31)21-16-19(30-24(34)17-2-4-18(5-3-17)25(26,27)28)6-7-23(21)35-15-14-32-12-9-20(33)10-13-32/h2-8,11,16,20,33H,9-10,12-15H2,1H3,(H,30,34). The molecule has 186 valence electrons. The lowest BCUT2D eigenvalue weighted by molar-refractivity contribution is -0.137. The molecule has 0 aliphatic carbocycles. The fourth-order valence-corrected chi connectivity index (χ4v) is 4.01. The Kier molecular flexibility index (Phi) is 7.42. The Bertz CT molecular complexity index is 1150. The summed E-state index contributed by atoms with van der Waals surface area (Å²) in [5, 5.41) is 16.6. The molecular formula is C25H27F3N4O3. The second-order valence-electron chi connectivity index (χ2n) is 8.50. The summed E-state index contributed by atoms with van der Waals surface area (Å²) in [6.07, 6.45) is -1.51. The van der Waals surface area contributed by atoms with Crippen molar-refractivity contribution in [1.82, 2.24) is 14.7 Å².